The predicted octanol–water partition coefficient (Wildman–Crippen LogP) is 0.903. The van der Waals surface area contributed by atoms with E-state index in [9.17, 15) is 9.90 Å². The second-order valence-electron chi connectivity index (χ2n) is 4.93. The number of nitrogens with one attached hydrogen (secondary N) is 1. The van der Waals surface area contributed by atoms with Crippen molar-refractivity contribution in [1.29, 1.82) is 0 Å². The number of hydrogen-bond donors (Lipinski definition) is 4. The summed E-state index contributed by atoms with van der Waals surface area (Å²) in [6.07, 6.45) is 0. The van der Waals surface area contributed by atoms with Crippen LogP contribution in [0.25, 0.3) is 0 Å². The summed E-state index contributed by atoms with van der Waals surface area (Å²) in [5.74, 6) is -0.151. The summed E-state index contributed by atoms with van der Waals surface area (Å²) >= 11 is 0. The molecule has 0 atom stereocenters. The van der Waals surface area contributed by atoms with E-state index in [1.807, 2.05) is 0 Å². The number of aromatic hydroxyl groups is 1. The molecule has 0 fully saturated rings. The summed E-state index contributed by atoms with van der Waals surface area (Å²) in [6.45, 7) is 3.58. The minimum Gasteiger partial charge on any atom is -0.507 e. The Morgan fingerprint density at radius 1 is 1.50 bits per heavy atom. The zero-order valence-electron chi connectivity index (χ0n) is 11.7. The molecule has 0 radical (unpaired) electrons. The van der Waals surface area contributed by atoms with Crippen LogP contribution in [0.1, 0.15) is 24.2 Å². The first-order valence-electron chi connectivity index (χ1n) is 5.95. The van der Waals surface area contributed by atoms with E-state index in [2.05, 4.69) is 10.5 Å². The quantitative estimate of drug-likeness (QED) is 0.277. The van der Waals surface area contributed by atoms with E-state index in [0.29, 0.717) is 5.75 Å². The van der Waals surface area contributed by atoms with Gasteiger partial charge < -0.3 is 26.1 Å². The van der Waals surface area contributed by atoms with Crippen LogP contribution in [0.3, 0.4) is 0 Å². The second kappa shape index (κ2) is 6.14. The molecule has 0 aromatic heterocycles. The third kappa shape index (κ3) is 3.53. The maximum absolute atomic E-state index is 12.0. The number of rotatable bonds is 5. The van der Waals surface area contributed by atoms with E-state index in [1.54, 1.807) is 19.9 Å². The van der Waals surface area contributed by atoms with Gasteiger partial charge in [0.05, 0.1) is 12.7 Å². The summed E-state index contributed by atoms with van der Waals surface area (Å²) < 4.78 is 5.00. The number of methoxy groups -OCH3 is 1. The normalized spacial score (nSPS) is 12.1. The summed E-state index contributed by atoms with van der Waals surface area (Å²) in [4.78, 5) is 12.0. The van der Waals surface area contributed by atoms with Crippen molar-refractivity contribution in [2.24, 2.45) is 16.3 Å². The van der Waals surface area contributed by atoms with Crippen LogP contribution in [0.5, 0.6) is 11.5 Å². The highest BCUT2D eigenvalue weighted by Crippen LogP contribution is 2.23. The van der Waals surface area contributed by atoms with Crippen LogP contribution in [0.2, 0.25) is 0 Å². The molecule has 1 rings (SSSR count). The van der Waals surface area contributed by atoms with Gasteiger partial charge in [-0.25, -0.2) is 0 Å². The highest BCUT2D eigenvalue weighted by molar-refractivity contribution is 5.97. The number of nitrogens with zero attached hydrogens (tertiary/aromatic N) is 1. The van der Waals surface area contributed by atoms with Crippen molar-refractivity contribution in [1.82, 2.24) is 5.32 Å². The highest BCUT2D eigenvalue weighted by Gasteiger charge is 2.25. The number of benzene rings is 1. The Bertz CT molecular complexity index is 526. The fourth-order valence-corrected chi connectivity index (χ4v) is 1.45. The van der Waals surface area contributed by atoms with E-state index < -0.39 is 11.3 Å². The lowest BCUT2D eigenvalue weighted by atomic mass is 9.92. The number of hydrogen-bond acceptors (Lipinski definition) is 5. The Morgan fingerprint density at radius 3 is 2.70 bits per heavy atom. The topological polar surface area (TPSA) is 117 Å². The number of oxime groups is 1. The minimum atomic E-state index is -0.709. The van der Waals surface area contributed by atoms with Crippen LogP contribution in [0.4, 0.5) is 0 Å². The molecule has 7 nitrogen and oxygen atoms in total. The van der Waals surface area contributed by atoms with Gasteiger partial charge in [-0.05, 0) is 18.2 Å². The Balaban J connectivity index is 2.82. The van der Waals surface area contributed by atoms with Crippen LogP contribution >= 0.6 is 0 Å². The molecule has 0 spiro atoms. The van der Waals surface area contributed by atoms with Crippen molar-refractivity contribution in [3.05, 3.63) is 23.8 Å². The lowest BCUT2D eigenvalue weighted by Gasteiger charge is -2.23. The average Bonchev–Trinajstić information content (AvgIpc) is 2.44. The Morgan fingerprint density at radius 2 is 2.15 bits per heavy atom. The van der Waals surface area contributed by atoms with Gasteiger partial charge in [0.25, 0.3) is 5.91 Å². The second-order valence-corrected chi connectivity index (χ2v) is 4.93. The zero-order valence-corrected chi connectivity index (χ0v) is 11.7. The molecule has 110 valence electrons. The number of phenols is 1. The van der Waals surface area contributed by atoms with Gasteiger partial charge in [0, 0.05) is 12.0 Å². The third-order valence-electron chi connectivity index (χ3n) is 2.94. The molecule has 20 heavy (non-hydrogen) atoms. The molecule has 5 N–H and O–H groups in total. The van der Waals surface area contributed by atoms with Gasteiger partial charge in [-0.1, -0.05) is 19.0 Å². The number of ether oxygens (including phenoxy) is 1. The van der Waals surface area contributed by atoms with E-state index >= 15 is 0 Å². The number of amidine groups is 1. The van der Waals surface area contributed by atoms with Gasteiger partial charge in [0.2, 0.25) is 0 Å². The van der Waals surface area contributed by atoms with Crippen LogP contribution in [-0.4, -0.2) is 35.7 Å². The van der Waals surface area contributed by atoms with Crippen molar-refractivity contribution in [2.75, 3.05) is 13.7 Å². The Hall–Kier alpha value is -2.44. The monoisotopic (exact) mass is 281 g/mol. The SMILES string of the molecule is COc1ccc(O)c(C(=O)NCC(C)(C)/C(N)=N/O)c1. The fraction of sp³-hybridized carbons (Fsp3) is 0.385. The average molecular weight is 281 g/mol. The van der Waals surface area contributed by atoms with Gasteiger partial charge in [-0.3, -0.25) is 4.79 Å². The standard InChI is InChI=1S/C13H19N3O4/c1-13(2,12(14)16-19)7-15-11(18)9-6-8(20-3)4-5-10(9)17/h4-6,17,19H,7H2,1-3H3,(H2,14,16)(H,15,18). The van der Waals surface area contributed by atoms with Gasteiger partial charge in [-0.2, -0.15) is 0 Å². The van der Waals surface area contributed by atoms with E-state index in [4.69, 9.17) is 15.7 Å². The summed E-state index contributed by atoms with van der Waals surface area (Å²) in [7, 11) is 1.47. The molecular formula is C13H19N3O4. The molecule has 0 aliphatic rings. The van der Waals surface area contributed by atoms with E-state index in [1.165, 1.54) is 19.2 Å². The minimum absolute atomic E-state index is 0.00710. The number of amides is 1. The summed E-state index contributed by atoms with van der Waals surface area (Å²) in [5, 5.41) is 23.9. The molecule has 0 heterocycles. The molecule has 1 aromatic carbocycles. The summed E-state index contributed by atoms with van der Waals surface area (Å²) in [5.41, 5.74) is 4.92. The van der Waals surface area contributed by atoms with Crippen molar-refractivity contribution in [3.63, 3.8) is 0 Å². The molecule has 1 amide bonds. The largest absolute Gasteiger partial charge is 0.507 e. The van der Waals surface area contributed by atoms with Crippen LogP contribution in [0, 0.1) is 5.41 Å². The summed E-state index contributed by atoms with van der Waals surface area (Å²) in [6, 6.07) is 4.36. The fourth-order valence-electron chi connectivity index (χ4n) is 1.45. The lowest BCUT2D eigenvalue weighted by molar-refractivity contribution is 0.0941. The molecular weight excluding hydrogens is 262 g/mol. The van der Waals surface area contributed by atoms with E-state index in [-0.39, 0.29) is 23.7 Å². The van der Waals surface area contributed by atoms with Crippen molar-refractivity contribution >= 4 is 11.7 Å². The smallest absolute Gasteiger partial charge is 0.255 e. The maximum atomic E-state index is 12.0. The lowest BCUT2D eigenvalue weighted by Crippen LogP contribution is -2.42. The first-order valence-corrected chi connectivity index (χ1v) is 5.95. The van der Waals surface area contributed by atoms with Crippen molar-refractivity contribution < 1.29 is 19.8 Å². The molecule has 0 bridgehead atoms. The highest BCUT2D eigenvalue weighted by atomic mass is 16.5. The third-order valence-corrected chi connectivity index (χ3v) is 2.94. The number of carbonyl (C=O) groups excluding carboxylic acids is 1. The van der Waals surface area contributed by atoms with Gasteiger partial charge >= 0.3 is 0 Å². The predicted molar refractivity (Wildman–Crippen MR) is 74.2 cm³/mol. The molecule has 0 saturated carbocycles. The molecule has 0 aliphatic heterocycles. The molecule has 7 heteroatoms. The molecule has 0 aliphatic carbocycles. The van der Waals surface area contributed by atoms with Crippen LogP contribution in [-0.2, 0) is 0 Å². The Labute approximate surface area is 117 Å². The number of nitrogens with two attached hydrogens (primary N) is 1. The Kier molecular flexibility index (Phi) is 4.79. The number of phenolic OH excluding ortho intramolecular Hbond substituents is 1. The molecule has 0 saturated heterocycles. The van der Waals surface area contributed by atoms with Gasteiger partial charge in [0.1, 0.15) is 17.3 Å². The first kappa shape index (κ1) is 15.6. The first-order chi connectivity index (χ1) is 9.31. The molecule has 0 unspecified atom stereocenters. The number of carbonyl (C=O) groups is 1. The van der Waals surface area contributed by atoms with Crippen molar-refractivity contribution in [2.45, 2.75) is 13.8 Å². The van der Waals surface area contributed by atoms with Crippen molar-refractivity contribution in [3.8, 4) is 11.5 Å². The van der Waals surface area contributed by atoms with Gasteiger partial charge in [-0.15, -0.1) is 0 Å². The maximum Gasteiger partial charge on any atom is 0.255 e. The van der Waals surface area contributed by atoms with Crippen LogP contribution < -0.4 is 15.8 Å². The van der Waals surface area contributed by atoms with Crippen LogP contribution in [0.15, 0.2) is 23.4 Å². The zero-order chi connectivity index (χ0) is 15.3. The van der Waals surface area contributed by atoms with E-state index in [0.717, 1.165) is 0 Å². The molecule has 1 aromatic rings. The van der Waals surface area contributed by atoms with Gasteiger partial charge in [0.15, 0.2) is 0 Å².